The molecule has 1 aromatic carbocycles. The van der Waals surface area contributed by atoms with E-state index in [0.717, 1.165) is 29.7 Å². The Morgan fingerprint density at radius 3 is 2.44 bits per heavy atom. The average molecular weight is 397 g/mol. The number of hydrogen-bond acceptors (Lipinski definition) is 5. The number of carboxylic acid groups (broad SMARTS) is 1. The van der Waals surface area contributed by atoms with Crippen molar-refractivity contribution in [3.63, 3.8) is 0 Å². The smallest absolute Gasteiger partial charge is 0.347 e. The van der Waals surface area contributed by atoms with Crippen molar-refractivity contribution in [1.29, 1.82) is 0 Å². The summed E-state index contributed by atoms with van der Waals surface area (Å²) in [4.78, 5) is 39.1. The number of halogens is 2. The minimum Gasteiger partial charge on any atom is -0.477 e. The molecule has 3 N–H and O–H groups in total. The molecule has 2 rings (SSSR count). The predicted molar refractivity (Wildman–Crippen MR) is 94.6 cm³/mol. The van der Waals surface area contributed by atoms with Crippen LogP contribution in [0.5, 0.6) is 0 Å². The third-order valence-corrected chi connectivity index (χ3v) is 4.36. The quantitative estimate of drug-likeness (QED) is 0.635. The van der Waals surface area contributed by atoms with Gasteiger partial charge in [-0.15, -0.1) is 0 Å². The van der Waals surface area contributed by atoms with Gasteiger partial charge in [-0.1, -0.05) is 24.7 Å². The minimum absolute atomic E-state index is 0.0329. The van der Waals surface area contributed by atoms with Crippen molar-refractivity contribution < 1.29 is 28.3 Å². The average Bonchev–Trinajstić information content (AvgIpc) is 3.02. The second kappa shape index (κ2) is 9.17. The van der Waals surface area contributed by atoms with E-state index >= 15 is 0 Å². The lowest BCUT2D eigenvalue weighted by Gasteiger charge is -2.17. The van der Waals surface area contributed by atoms with Crippen LogP contribution < -0.4 is 10.6 Å². The standard InChI is InChI=1S/C17H17F2N3O4S/c1-2-3-12(15(24)22-17-20-8-13(27-17)16(25)26)21-14(23)6-9-4-10(18)7-11(19)5-9/h4-5,7-8,12H,2-3,6H2,1H3,(H,21,23)(H,25,26)(H,20,22,24). The zero-order valence-electron chi connectivity index (χ0n) is 14.3. The van der Waals surface area contributed by atoms with E-state index in [-0.39, 0.29) is 22.0 Å². The Hall–Kier alpha value is -2.88. The summed E-state index contributed by atoms with van der Waals surface area (Å²) < 4.78 is 26.4. The number of thiazole rings is 1. The number of hydrogen-bond donors (Lipinski definition) is 3. The van der Waals surface area contributed by atoms with Gasteiger partial charge in [0.1, 0.15) is 22.6 Å². The monoisotopic (exact) mass is 397 g/mol. The first-order valence-electron chi connectivity index (χ1n) is 8.02. The van der Waals surface area contributed by atoms with Crippen molar-refractivity contribution in [2.45, 2.75) is 32.2 Å². The van der Waals surface area contributed by atoms with Crippen LogP contribution >= 0.6 is 11.3 Å². The van der Waals surface area contributed by atoms with Gasteiger partial charge >= 0.3 is 5.97 Å². The topological polar surface area (TPSA) is 108 Å². The highest BCUT2D eigenvalue weighted by Gasteiger charge is 2.22. The van der Waals surface area contributed by atoms with Gasteiger partial charge in [0.25, 0.3) is 0 Å². The molecule has 0 radical (unpaired) electrons. The number of benzene rings is 1. The van der Waals surface area contributed by atoms with E-state index in [0.29, 0.717) is 18.9 Å². The molecule has 27 heavy (non-hydrogen) atoms. The molecule has 0 aliphatic rings. The summed E-state index contributed by atoms with van der Waals surface area (Å²) in [5, 5.41) is 13.9. The van der Waals surface area contributed by atoms with Crippen molar-refractivity contribution in [1.82, 2.24) is 10.3 Å². The maximum atomic E-state index is 13.2. The molecule has 1 unspecified atom stereocenters. The molecule has 1 atom stereocenters. The van der Waals surface area contributed by atoms with Crippen molar-refractivity contribution in [3.8, 4) is 0 Å². The zero-order chi connectivity index (χ0) is 20.0. The molecule has 0 saturated heterocycles. The number of carbonyl (C=O) groups excluding carboxylic acids is 2. The van der Waals surface area contributed by atoms with Crippen LogP contribution in [0.4, 0.5) is 13.9 Å². The van der Waals surface area contributed by atoms with Gasteiger partial charge < -0.3 is 15.7 Å². The molecule has 0 aliphatic heterocycles. The predicted octanol–water partition coefficient (Wildman–Crippen LogP) is 2.59. The second-order valence-corrected chi connectivity index (χ2v) is 6.72. The fourth-order valence-corrected chi connectivity index (χ4v) is 2.98. The van der Waals surface area contributed by atoms with Gasteiger partial charge in [-0.2, -0.15) is 0 Å². The lowest BCUT2D eigenvalue weighted by molar-refractivity contribution is -0.126. The molecule has 1 aromatic heterocycles. The number of aromatic carboxylic acids is 1. The van der Waals surface area contributed by atoms with Crippen molar-refractivity contribution >= 4 is 34.3 Å². The summed E-state index contributed by atoms with van der Waals surface area (Å²) in [6.07, 6.45) is 1.74. The Bertz CT molecular complexity index is 836. The Balaban J connectivity index is 2.01. The molecule has 0 spiro atoms. The first kappa shape index (κ1) is 20.4. The number of carboxylic acids is 1. The number of rotatable bonds is 8. The van der Waals surface area contributed by atoms with Crippen LogP contribution in [0.15, 0.2) is 24.4 Å². The van der Waals surface area contributed by atoms with E-state index in [4.69, 9.17) is 5.11 Å². The lowest BCUT2D eigenvalue weighted by atomic mass is 10.1. The van der Waals surface area contributed by atoms with Gasteiger partial charge in [-0.3, -0.25) is 9.59 Å². The number of carbonyl (C=O) groups is 3. The Kier molecular flexibility index (Phi) is 6.94. The summed E-state index contributed by atoms with van der Waals surface area (Å²) in [6, 6.07) is 1.90. The molecule has 2 amide bonds. The SMILES string of the molecule is CCCC(NC(=O)Cc1cc(F)cc(F)c1)C(=O)Nc1ncc(C(=O)O)s1. The molecule has 0 fully saturated rings. The first-order chi connectivity index (χ1) is 12.8. The van der Waals surface area contributed by atoms with Crippen LogP contribution in [0.25, 0.3) is 0 Å². The maximum absolute atomic E-state index is 13.2. The van der Waals surface area contributed by atoms with Crippen molar-refractivity contribution in [2.75, 3.05) is 5.32 Å². The van der Waals surface area contributed by atoms with E-state index < -0.39 is 35.5 Å². The van der Waals surface area contributed by atoms with Gasteiger partial charge in [-0.25, -0.2) is 18.6 Å². The van der Waals surface area contributed by atoms with Gasteiger partial charge in [-0.05, 0) is 24.1 Å². The van der Waals surface area contributed by atoms with Gasteiger partial charge in [0.2, 0.25) is 11.8 Å². The fraction of sp³-hybridized carbons (Fsp3) is 0.294. The highest BCUT2D eigenvalue weighted by molar-refractivity contribution is 7.17. The number of anilines is 1. The molecule has 1 heterocycles. The first-order valence-corrected chi connectivity index (χ1v) is 8.84. The largest absolute Gasteiger partial charge is 0.477 e. The third-order valence-electron chi connectivity index (χ3n) is 3.46. The van der Waals surface area contributed by atoms with E-state index in [9.17, 15) is 23.2 Å². The van der Waals surface area contributed by atoms with Crippen molar-refractivity contribution in [3.05, 3.63) is 46.5 Å². The maximum Gasteiger partial charge on any atom is 0.347 e. The summed E-state index contributed by atoms with van der Waals surface area (Å²) in [6.45, 7) is 1.82. The zero-order valence-corrected chi connectivity index (χ0v) is 15.1. The Morgan fingerprint density at radius 1 is 1.22 bits per heavy atom. The third kappa shape index (κ3) is 6.10. The number of amides is 2. The summed E-state index contributed by atoms with van der Waals surface area (Å²) in [7, 11) is 0. The summed E-state index contributed by atoms with van der Waals surface area (Å²) in [5.41, 5.74) is 0.145. The molecule has 0 saturated carbocycles. The number of aromatic nitrogens is 1. The normalized spacial score (nSPS) is 11.7. The summed E-state index contributed by atoms with van der Waals surface area (Å²) in [5.74, 6) is -3.87. The van der Waals surface area contributed by atoms with Crippen LogP contribution in [0.2, 0.25) is 0 Å². The van der Waals surface area contributed by atoms with Gasteiger partial charge in [0.15, 0.2) is 5.13 Å². The highest BCUT2D eigenvalue weighted by atomic mass is 32.1. The van der Waals surface area contributed by atoms with E-state index in [1.165, 1.54) is 0 Å². The molecular formula is C17H17F2N3O4S. The van der Waals surface area contributed by atoms with Gasteiger partial charge in [0.05, 0.1) is 12.6 Å². The number of nitrogens with one attached hydrogen (secondary N) is 2. The molecule has 2 aromatic rings. The van der Waals surface area contributed by atoms with Crippen LogP contribution in [0, 0.1) is 11.6 Å². The van der Waals surface area contributed by atoms with Crippen LogP contribution in [-0.2, 0) is 16.0 Å². The van der Waals surface area contributed by atoms with Gasteiger partial charge in [0, 0.05) is 6.07 Å². The molecule has 7 nitrogen and oxygen atoms in total. The van der Waals surface area contributed by atoms with E-state index in [1.807, 2.05) is 6.92 Å². The highest BCUT2D eigenvalue weighted by Crippen LogP contribution is 2.18. The Morgan fingerprint density at radius 2 is 1.89 bits per heavy atom. The van der Waals surface area contributed by atoms with Crippen molar-refractivity contribution in [2.24, 2.45) is 0 Å². The van der Waals surface area contributed by atoms with E-state index in [1.54, 1.807) is 0 Å². The number of nitrogens with zero attached hydrogens (tertiary/aromatic N) is 1. The van der Waals surface area contributed by atoms with E-state index in [2.05, 4.69) is 15.6 Å². The molecular weight excluding hydrogens is 380 g/mol. The molecule has 144 valence electrons. The Labute approximate surface area is 157 Å². The minimum atomic E-state index is -1.16. The molecule has 10 heteroatoms. The lowest BCUT2D eigenvalue weighted by Crippen LogP contribution is -2.44. The molecule has 0 aliphatic carbocycles. The second-order valence-electron chi connectivity index (χ2n) is 5.69. The van der Waals surface area contributed by atoms with Crippen LogP contribution in [0.3, 0.4) is 0 Å². The fourth-order valence-electron chi connectivity index (χ4n) is 2.32. The summed E-state index contributed by atoms with van der Waals surface area (Å²) >= 11 is 0.791. The van der Waals surface area contributed by atoms with Crippen LogP contribution in [-0.4, -0.2) is 33.9 Å². The molecule has 0 bridgehead atoms. The van der Waals surface area contributed by atoms with Crippen LogP contribution in [0.1, 0.15) is 35.0 Å².